The van der Waals surface area contributed by atoms with Crippen LogP contribution in [0.3, 0.4) is 0 Å². The highest BCUT2D eigenvalue weighted by Gasteiger charge is 2.38. The number of pyridine rings is 1. The van der Waals surface area contributed by atoms with Crippen molar-refractivity contribution in [3.63, 3.8) is 0 Å². The van der Waals surface area contributed by atoms with Crippen molar-refractivity contribution in [1.82, 2.24) is 9.88 Å². The molecule has 1 fully saturated rings. The van der Waals surface area contributed by atoms with Crippen molar-refractivity contribution in [2.45, 2.75) is 32.4 Å². The highest BCUT2D eigenvalue weighted by atomic mass is 35.5. The highest BCUT2D eigenvalue weighted by Crippen LogP contribution is 2.39. The van der Waals surface area contributed by atoms with Crippen molar-refractivity contribution in [3.05, 3.63) is 46.6 Å². The number of anilines is 3. The molecule has 6 nitrogen and oxygen atoms in total. The quantitative estimate of drug-likeness (QED) is 0.856. The molecule has 2 aromatic rings. The fourth-order valence-electron chi connectivity index (χ4n) is 4.05. The second-order valence-corrected chi connectivity index (χ2v) is 7.82. The molecule has 3 heterocycles. The van der Waals surface area contributed by atoms with Crippen LogP contribution in [0.15, 0.2) is 30.5 Å². The largest absolute Gasteiger partial charge is 0.384 e. The molecule has 0 bridgehead atoms. The Morgan fingerprint density at radius 2 is 2.00 bits per heavy atom. The Kier molecular flexibility index (Phi) is 4.70. The number of rotatable bonds is 2. The molecule has 4 rings (SSSR count). The number of nitrogen functional groups attached to an aromatic ring is 1. The number of hydrogen-bond acceptors (Lipinski definition) is 4. The fourth-order valence-corrected chi connectivity index (χ4v) is 4.38. The molecule has 27 heavy (non-hydrogen) atoms. The van der Waals surface area contributed by atoms with E-state index in [1.54, 1.807) is 11.1 Å². The number of carbonyl (C=O) groups excluding carboxylic acids is 1. The lowest BCUT2D eigenvalue weighted by molar-refractivity contribution is 0.229. The van der Waals surface area contributed by atoms with E-state index < -0.39 is 0 Å². The van der Waals surface area contributed by atoms with E-state index in [9.17, 15) is 4.79 Å². The summed E-state index contributed by atoms with van der Waals surface area (Å²) in [6, 6.07) is 7.63. The van der Waals surface area contributed by atoms with Crippen molar-refractivity contribution >= 4 is 34.8 Å². The number of benzene rings is 1. The zero-order valence-corrected chi connectivity index (χ0v) is 16.4. The molecular formula is C20H24ClN5O. The number of aryl methyl sites for hydroxylation is 1. The van der Waals surface area contributed by atoms with Gasteiger partial charge in [-0.3, -0.25) is 9.80 Å². The van der Waals surface area contributed by atoms with Gasteiger partial charge in [0.25, 0.3) is 0 Å². The molecule has 1 aromatic heterocycles. The summed E-state index contributed by atoms with van der Waals surface area (Å²) in [7, 11) is 2.11. The molecule has 0 radical (unpaired) electrons. The van der Waals surface area contributed by atoms with Gasteiger partial charge in [-0.2, -0.15) is 0 Å². The summed E-state index contributed by atoms with van der Waals surface area (Å²) in [6.07, 6.45) is 3.64. The van der Waals surface area contributed by atoms with Crippen molar-refractivity contribution in [1.29, 1.82) is 0 Å². The molecule has 2 aliphatic rings. The number of nitrogens with zero attached hydrogens (tertiary/aromatic N) is 4. The lowest BCUT2D eigenvalue weighted by Gasteiger charge is -2.44. The standard InChI is InChI=1S/C20H24ClN5O/c1-13-4-3-5-16(21)19(13)25-12-14-11-23-18(22)10-17(14)26(20(25)27)15-6-8-24(2)9-7-15/h3-5,10-11,15H,6-9,12H2,1-2H3,(H2,22,23). The SMILES string of the molecule is Cc1cccc(Cl)c1N1Cc2cnc(N)cc2N(C2CCN(C)CC2)C1=O. The summed E-state index contributed by atoms with van der Waals surface area (Å²) >= 11 is 6.48. The number of aromatic nitrogens is 1. The third kappa shape index (κ3) is 3.24. The Bertz CT molecular complexity index is 858. The smallest absolute Gasteiger partial charge is 0.329 e. The average molecular weight is 386 g/mol. The summed E-state index contributed by atoms with van der Waals surface area (Å²) in [5, 5.41) is 0.582. The lowest BCUT2D eigenvalue weighted by atomic mass is 10.00. The normalized spacial score (nSPS) is 18.7. The van der Waals surface area contributed by atoms with Crippen LogP contribution in [0, 0.1) is 6.92 Å². The first kappa shape index (κ1) is 18.1. The summed E-state index contributed by atoms with van der Waals surface area (Å²) in [5.74, 6) is 0.432. The van der Waals surface area contributed by atoms with Crippen LogP contribution in [0.25, 0.3) is 0 Å². The van der Waals surface area contributed by atoms with Crippen LogP contribution in [0.4, 0.5) is 22.0 Å². The van der Waals surface area contributed by atoms with Crippen LogP contribution in [0.2, 0.25) is 5.02 Å². The fraction of sp³-hybridized carbons (Fsp3) is 0.400. The molecule has 0 spiro atoms. The number of hydrogen-bond donors (Lipinski definition) is 1. The maximum Gasteiger partial charge on any atom is 0.329 e. The number of fused-ring (bicyclic) bond motifs is 1. The minimum Gasteiger partial charge on any atom is -0.384 e. The van der Waals surface area contributed by atoms with E-state index in [2.05, 4.69) is 16.9 Å². The zero-order chi connectivity index (χ0) is 19.1. The van der Waals surface area contributed by atoms with Gasteiger partial charge in [0, 0.05) is 23.9 Å². The highest BCUT2D eigenvalue weighted by molar-refractivity contribution is 6.34. The first-order chi connectivity index (χ1) is 13.0. The van der Waals surface area contributed by atoms with Gasteiger partial charge < -0.3 is 10.6 Å². The summed E-state index contributed by atoms with van der Waals surface area (Å²) in [5.41, 5.74) is 9.55. The Labute approximate surface area is 164 Å². The van der Waals surface area contributed by atoms with Crippen LogP contribution in [-0.2, 0) is 6.54 Å². The first-order valence-corrected chi connectivity index (χ1v) is 9.62. The van der Waals surface area contributed by atoms with Gasteiger partial charge in [0.05, 0.1) is 22.9 Å². The molecule has 2 N–H and O–H groups in total. The van der Waals surface area contributed by atoms with E-state index >= 15 is 0 Å². The topological polar surface area (TPSA) is 65.7 Å². The van der Waals surface area contributed by atoms with Gasteiger partial charge in [0.1, 0.15) is 5.82 Å². The van der Waals surface area contributed by atoms with E-state index in [0.717, 1.165) is 48.4 Å². The predicted molar refractivity (Wildman–Crippen MR) is 109 cm³/mol. The van der Waals surface area contributed by atoms with Crippen molar-refractivity contribution < 1.29 is 4.79 Å². The van der Waals surface area contributed by atoms with Crippen molar-refractivity contribution in [2.24, 2.45) is 0 Å². The van der Waals surface area contributed by atoms with Crippen LogP contribution >= 0.6 is 11.6 Å². The zero-order valence-electron chi connectivity index (χ0n) is 15.7. The number of carbonyl (C=O) groups is 1. The monoisotopic (exact) mass is 385 g/mol. The molecular weight excluding hydrogens is 362 g/mol. The molecule has 0 aliphatic carbocycles. The van der Waals surface area contributed by atoms with Crippen LogP contribution in [0.5, 0.6) is 0 Å². The molecule has 142 valence electrons. The third-order valence-corrected chi connectivity index (χ3v) is 5.82. The molecule has 1 aromatic carbocycles. The third-order valence-electron chi connectivity index (χ3n) is 5.52. The van der Waals surface area contributed by atoms with E-state index in [-0.39, 0.29) is 12.1 Å². The van der Waals surface area contributed by atoms with Crippen LogP contribution in [0.1, 0.15) is 24.0 Å². The second-order valence-electron chi connectivity index (χ2n) is 7.42. The number of urea groups is 1. The Balaban J connectivity index is 1.79. The van der Waals surface area contributed by atoms with E-state index in [0.29, 0.717) is 17.4 Å². The van der Waals surface area contributed by atoms with Gasteiger partial charge in [0.2, 0.25) is 0 Å². The summed E-state index contributed by atoms with van der Waals surface area (Å²) in [6.45, 7) is 4.35. The predicted octanol–water partition coefficient (Wildman–Crippen LogP) is 3.67. The number of piperidine rings is 1. The van der Waals surface area contributed by atoms with E-state index in [4.69, 9.17) is 17.3 Å². The van der Waals surface area contributed by atoms with Crippen molar-refractivity contribution in [2.75, 3.05) is 35.7 Å². The number of amides is 2. The lowest BCUT2D eigenvalue weighted by Crippen LogP contribution is -2.54. The number of halogens is 1. The van der Waals surface area contributed by atoms with Gasteiger partial charge in [0.15, 0.2) is 0 Å². The van der Waals surface area contributed by atoms with Gasteiger partial charge in [-0.15, -0.1) is 0 Å². The van der Waals surface area contributed by atoms with Crippen molar-refractivity contribution in [3.8, 4) is 0 Å². The number of para-hydroxylation sites is 1. The molecule has 1 saturated heterocycles. The summed E-state index contributed by atoms with van der Waals surface area (Å²) < 4.78 is 0. The van der Waals surface area contributed by atoms with Gasteiger partial charge >= 0.3 is 6.03 Å². The van der Waals surface area contributed by atoms with Gasteiger partial charge in [-0.25, -0.2) is 9.78 Å². The molecule has 0 saturated carbocycles. The minimum absolute atomic E-state index is 0.0427. The molecule has 0 atom stereocenters. The molecule has 2 amide bonds. The first-order valence-electron chi connectivity index (χ1n) is 9.24. The van der Waals surface area contributed by atoms with Crippen LogP contribution < -0.4 is 15.5 Å². The maximum atomic E-state index is 13.6. The van der Waals surface area contributed by atoms with Crippen LogP contribution in [-0.4, -0.2) is 42.1 Å². The average Bonchev–Trinajstić information content (AvgIpc) is 2.63. The second kappa shape index (κ2) is 7.02. The van der Waals surface area contributed by atoms with Gasteiger partial charge in [-0.1, -0.05) is 23.7 Å². The van der Waals surface area contributed by atoms with Gasteiger partial charge in [-0.05, 0) is 51.5 Å². The Hall–Kier alpha value is -2.31. The Morgan fingerprint density at radius 3 is 2.70 bits per heavy atom. The minimum atomic E-state index is -0.0427. The van der Waals surface area contributed by atoms with E-state index in [1.807, 2.05) is 36.1 Å². The summed E-state index contributed by atoms with van der Waals surface area (Å²) in [4.78, 5) is 23.8. The van der Waals surface area contributed by atoms with E-state index in [1.165, 1.54) is 0 Å². The molecule has 7 heteroatoms. The number of nitrogens with two attached hydrogens (primary N) is 1. The molecule has 2 aliphatic heterocycles. The molecule has 0 unspecified atom stereocenters. The maximum absolute atomic E-state index is 13.6. The Morgan fingerprint density at radius 1 is 1.26 bits per heavy atom. The number of likely N-dealkylation sites (tertiary alicyclic amines) is 1.